The van der Waals surface area contributed by atoms with Gasteiger partial charge in [0.1, 0.15) is 24.0 Å². The summed E-state index contributed by atoms with van der Waals surface area (Å²) < 4.78 is 31.2. The smallest absolute Gasteiger partial charge is 0.265 e. The van der Waals surface area contributed by atoms with Crippen molar-refractivity contribution in [3.05, 3.63) is 65.2 Å². The van der Waals surface area contributed by atoms with Crippen LogP contribution >= 0.6 is 0 Å². The quantitative estimate of drug-likeness (QED) is 0.511. The molecule has 0 aromatic heterocycles. The van der Waals surface area contributed by atoms with Crippen molar-refractivity contribution >= 4 is 5.91 Å². The summed E-state index contributed by atoms with van der Waals surface area (Å²) in [5.41, 5.74) is 3.07. The van der Waals surface area contributed by atoms with E-state index in [0.29, 0.717) is 11.1 Å². The van der Waals surface area contributed by atoms with E-state index in [1.807, 2.05) is 5.43 Å². The summed E-state index contributed by atoms with van der Waals surface area (Å²) in [5.74, 6) is 3.27. The Kier molecular flexibility index (Phi) is 4.27. The molecule has 3 N–H and O–H groups in total. The fourth-order valence-electron chi connectivity index (χ4n) is 1.66. The molecule has 0 spiro atoms. The monoisotopic (exact) mass is 278 g/mol. The summed E-state index contributed by atoms with van der Waals surface area (Å²) in [6.45, 7) is 0.0780. The standard InChI is InChI=1S/C14H12F2N2O2/c15-11-5-12(16)7-13(6-11)20-8-9-2-1-3-10(4-9)14(19)18-17/h1-7H,8,17H2,(H,18,19). The number of hydrogen-bond acceptors (Lipinski definition) is 3. The van der Waals surface area contributed by atoms with E-state index in [2.05, 4.69) is 0 Å². The van der Waals surface area contributed by atoms with Crippen molar-refractivity contribution in [3.63, 3.8) is 0 Å². The second-order valence-corrected chi connectivity index (χ2v) is 4.07. The number of nitrogens with two attached hydrogens (primary N) is 1. The molecule has 104 valence electrons. The second kappa shape index (κ2) is 6.12. The molecule has 2 aromatic carbocycles. The van der Waals surface area contributed by atoms with E-state index in [1.165, 1.54) is 0 Å². The lowest BCUT2D eigenvalue weighted by molar-refractivity contribution is 0.0953. The first-order valence-electron chi connectivity index (χ1n) is 5.77. The zero-order valence-electron chi connectivity index (χ0n) is 10.4. The molecule has 20 heavy (non-hydrogen) atoms. The van der Waals surface area contributed by atoms with Crippen LogP contribution in [0.3, 0.4) is 0 Å². The van der Waals surface area contributed by atoms with Crippen molar-refractivity contribution in [2.45, 2.75) is 6.61 Å². The van der Waals surface area contributed by atoms with Crippen molar-refractivity contribution in [1.82, 2.24) is 5.43 Å². The minimum Gasteiger partial charge on any atom is -0.489 e. The number of hydrazine groups is 1. The lowest BCUT2D eigenvalue weighted by Gasteiger charge is -2.08. The van der Waals surface area contributed by atoms with Crippen molar-refractivity contribution < 1.29 is 18.3 Å². The van der Waals surface area contributed by atoms with Gasteiger partial charge in [-0.15, -0.1) is 0 Å². The van der Waals surface area contributed by atoms with Gasteiger partial charge >= 0.3 is 0 Å². The Balaban J connectivity index is 2.09. The Morgan fingerprint density at radius 2 is 1.85 bits per heavy atom. The van der Waals surface area contributed by atoms with Crippen LogP contribution in [0.1, 0.15) is 15.9 Å². The van der Waals surface area contributed by atoms with Gasteiger partial charge in [0.2, 0.25) is 0 Å². The third-order valence-electron chi connectivity index (χ3n) is 2.56. The molecule has 0 bridgehead atoms. The molecule has 0 unspecified atom stereocenters. The third-order valence-corrected chi connectivity index (χ3v) is 2.56. The topological polar surface area (TPSA) is 64.3 Å². The zero-order chi connectivity index (χ0) is 14.5. The Labute approximate surface area is 114 Å². The van der Waals surface area contributed by atoms with Crippen LogP contribution in [0.15, 0.2) is 42.5 Å². The highest BCUT2D eigenvalue weighted by atomic mass is 19.1. The maximum absolute atomic E-state index is 13.0. The predicted octanol–water partition coefficient (Wildman–Crippen LogP) is 2.15. The Morgan fingerprint density at radius 3 is 2.50 bits per heavy atom. The first-order valence-corrected chi connectivity index (χ1v) is 5.77. The highest BCUT2D eigenvalue weighted by molar-refractivity contribution is 5.93. The van der Waals surface area contributed by atoms with Gasteiger partial charge in [-0.1, -0.05) is 12.1 Å². The van der Waals surface area contributed by atoms with Crippen LogP contribution in [0.25, 0.3) is 0 Å². The van der Waals surface area contributed by atoms with E-state index >= 15 is 0 Å². The van der Waals surface area contributed by atoms with Gasteiger partial charge in [-0.3, -0.25) is 10.2 Å². The molecule has 0 atom stereocenters. The van der Waals surface area contributed by atoms with Crippen LogP contribution in [-0.2, 0) is 6.61 Å². The lowest BCUT2D eigenvalue weighted by Crippen LogP contribution is -2.30. The number of nitrogens with one attached hydrogen (secondary N) is 1. The molecule has 2 rings (SSSR count). The maximum Gasteiger partial charge on any atom is 0.265 e. The fourth-order valence-corrected chi connectivity index (χ4v) is 1.66. The number of ether oxygens (including phenoxy) is 1. The number of carbonyl (C=O) groups is 1. The van der Waals surface area contributed by atoms with Crippen molar-refractivity contribution in [2.75, 3.05) is 0 Å². The average molecular weight is 278 g/mol. The number of amides is 1. The molecule has 0 radical (unpaired) electrons. The average Bonchev–Trinajstić information content (AvgIpc) is 2.43. The maximum atomic E-state index is 13.0. The molecule has 1 amide bonds. The van der Waals surface area contributed by atoms with Gasteiger partial charge in [-0.2, -0.15) is 0 Å². The molecule has 0 saturated carbocycles. The van der Waals surface area contributed by atoms with E-state index in [-0.39, 0.29) is 12.4 Å². The van der Waals surface area contributed by atoms with Gasteiger partial charge in [-0.05, 0) is 17.7 Å². The molecule has 0 aliphatic rings. The van der Waals surface area contributed by atoms with Crippen LogP contribution in [0.5, 0.6) is 5.75 Å². The zero-order valence-corrected chi connectivity index (χ0v) is 10.4. The molecule has 0 heterocycles. The van der Waals surface area contributed by atoms with Gasteiger partial charge in [0, 0.05) is 23.8 Å². The van der Waals surface area contributed by atoms with Gasteiger partial charge in [-0.25, -0.2) is 14.6 Å². The number of halogens is 2. The normalized spacial score (nSPS) is 10.2. The van der Waals surface area contributed by atoms with Crippen LogP contribution in [-0.4, -0.2) is 5.91 Å². The number of hydrogen-bond donors (Lipinski definition) is 2. The Morgan fingerprint density at radius 1 is 1.15 bits per heavy atom. The summed E-state index contributed by atoms with van der Waals surface area (Å²) >= 11 is 0. The van der Waals surface area contributed by atoms with Crippen molar-refractivity contribution in [1.29, 1.82) is 0 Å². The molecular weight excluding hydrogens is 266 g/mol. The number of carbonyl (C=O) groups excluding carboxylic acids is 1. The largest absolute Gasteiger partial charge is 0.489 e. The molecule has 0 fully saturated rings. The summed E-state index contributed by atoms with van der Waals surface area (Å²) in [6.07, 6.45) is 0. The Bertz CT molecular complexity index is 612. The third kappa shape index (κ3) is 3.52. The molecule has 0 aliphatic carbocycles. The van der Waals surface area contributed by atoms with E-state index in [4.69, 9.17) is 10.6 Å². The van der Waals surface area contributed by atoms with Gasteiger partial charge < -0.3 is 4.74 Å². The minimum absolute atomic E-state index is 0.0780. The van der Waals surface area contributed by atoms with Crippen LogP contribution < -0.4 is 16.0 Å². The SMILES string of the molecule is NNC(=O)c1cccc(COc2cc(F)cc(F)c2)c1. The molecule has 2 aromatic rings. The first-order chi connectivity index (χ1) is 9.58. The first kappa shape index (κ1) is 14.0. The summed E-state index contributed by atoms with van der Waals surface area (Å²) in [4.78, 5) is 11.4. The van der Waals surface area contributed by atoms with Crippen molar-refractivity contribution in [2.24, 2.45) is 5.84 Å². The summed E-state index contributed by atoms with van der Waals surface area (Å²) in [5, 5.41) is 0. The fraction of sp³-hybridized carbons (Fsp3) is 0.0714. The molecule has 0 aliphatic heterocycles. The van der Waals surface area contributed by atoms with E-state index in [1.54, 1.807) is 24.3 Å². The minimum atomic E-state index is -0.712. The molecule has 6 heteroatoms. The van der Waals surface area contributed by atoms with Gasteiger partial charge in [0.15, 0.2) is 0 Å². The second-order valence-electron chi connectivity index (χ2n) is 4.07. The lowest BCUT2D eigenvalue weighted by atomic mass is 10.1. The number of benzene rings is 2. The number of nitrogen functional groups attached to an aromatic ring is 1. The summed E-state index contributed by atoms with van der Waals surface area (Å²) in [7, 11) is 0. The highest BCUT2D eigenvalue weighted by Crippen LogP contribution is 2.17. The highest BCUT2D eigenvalue weighted by Gasteiger charge is 2.05. The van der Waals surface area contributed by atoms with Gasteiger partial charge in [0.05, 0.1) is 0 Å². The molecule has 4 nitrogen and oxygen atoms in total. The molecular formula is C14H12F2N2O2. The predicted molar refractivity (Wildman–Crippen MR) is 68.8 cm³/mol. The van der Waals surface area contributed by atoms with Gasteiger partial charge in [0.25, 0.3) is 5.91 Å². The van der Waals surface area contributed by atoms with E-state index < -0.39 is 17.5 Å². The Hall–Kier alpha value is -2.47. The van der Waals surface area contributed by atoms with Crippen molar-refractivity contribution in [3.8, 4) is 5.75 Å². The summed E-state index contributed by atoms with van der Waals surface area (Å²) in [6, 6.07) is 9.49. The van der Waals surface area contributed by atoms with E-state index in [0.717, 1.165) is 18.2 Å². The van der Waals surface area contributed by atoms with Crippen LogP contribution in [0, 0.1) is 11.6 Å². The van der Waals surface area contributed by atoms with E-state index in [9.17, 15) is 13.6 Å². The molecule has 0 saturated heterocycles. The number of rotatable bonds is 4. The van der Waals surface area contributed by atoms with Crippen LogP contribution in [0.4, 0.5) is 8.78 Å². The van der Waals surface area contributed by atoms with Crippen LogP contribution in [0.2, 0.25) is 0 Å².